The molecule has 2 aromatic rings. The van der Waals surface area contributed by atoms with Crippen LogP contribution in [0, 0.1) is 5.92 Å². The van der Waals surface area contributed by atoms with E-state index in [0.717, 1.165) is 28.8 Å². The number of aromatic nitrogens is 2. The Bertz CT molecular complexity index is 935. The Hall–Kier alpha value is -2.96. The van der Waals surface area contributed by atoms with E-state index in [1.54, 1.807) is 4.90 Å². The highest BCUT2D eigenvalue weighted by Gasteiger charge is 2.32. The number of hydrogen-bond acceptors (Lipinski definition) is 4. The third kappa shape index (κ3) is 4.30. The molecule has 1 atom stereocenters. The molecule has 28 heavy (non-hydrogen) atoms. The van der Waals surface area contributed by atoms with Crippen molar-refractivity contribution in [1.29, 1.82) is 0 Å². The van der Waals surface area contributed by atoms with Gasteiger partial charge in [0.2, 0.25) is 5.91 Å². The summed E-state index contributed by atoms with van der Waals surface area (Å²) in [6, 6.07) is 10.5. The number of fused-ring (bicyclic) bond motifs is 1. The molecule has 1 aromatic heterocycles. The van der Waals surface area contributed by atoms with Gasteiger partial charge < -0.3 is 10.2 Å². The highest BCUT2D eigenvalue weighted by molar-refractivity contribution is 6.06. The summed E-state index contributed by atoms with van der Waals surface area (Å²) in [5.74, 6) is -0.0847. The Morgan fingerprint density at radius 3 is 2.71 bits per heavy atom. The van der Waals surface area contributed by atoms with Gasteiger partial charge in [0.1, 0.15) is 12.2 Å². The Morgan fingerprint density at radius 2 is 1.96 bits per heavy atom. The van der Waals surface area contributed by atoms with Gasteiger partial charge in [0.25, 0.3) is 11.5 Å². The first-order valence-electron chi connectivity index (χ1n) is 9.63. The van der Waals surface area contributed by atoms with Crippen LogP contribution in [0.3, 0.4) is 0 Å². The van der Waals surface area contributed by atoms with Gasteiger partial charge in [0.15, 0.2) is 0 Å². The maximum atomic E-state index is 13.1. The van der Waals surface area contributed by atoms with Gasteiger partial charge in [0, 0.05) is 24.3 Å². The maximum absolute atomic E-state index is 13.1. The molecule has 7 heteroatoms. The third-order valence-electron chi connectivity index (χ3n) is 4.85. The molecule has 0 aliphatic carbocycles. The van der Waals surface area contributed by atoms with Crippen molar-refractivity contribution in [3.05, 3.63) is 58.0 Å². The molecule has 7 nitrogen and oxygen atoms in total. The lowest BCUT2D eigenvalue weighted by Gasteiger charge is -2.22. The normalized spacial score (nSPS) is 15.6. The van der Waals surface area contributed by atoms with E-state index in [4.69, 9.17) is 0 Å². The molecule has 0 unspecified atom stereocenters. The number of anilines is 1. The number of amides is 2. The van der Waals surface area contributed by atoms with E-state index in [-0.39, 0.29) is 30.1 Å². The molecule has 1 aromatic carbocycles. The lowest BCUT2D eigenvalue weighted by atomic mass is 10.1. The van der Waals surface area contributed by atoms with E-state index in [2.05, 4.69) is 24.3 Å². The van der Waals surface area contributed by atoms with Crippen molar-refractivity contribution < 1.29 is 9.59 Å². The topological polar surface area (TPSA) is 84.3 Å². The monoisotopic (exact) mass is 382 g/mol. The second-order valence-corrected chi connectivity index (χ2v) is 7.60. The van der Waals surface area contributed by atoms with Crippen LogP contribution in [0.5, 0.6) is 0 Å². The SMILES string of the molecule is CC(C)CCNC(=O)Cn1nc(C(=O)N2c3ccccc3C[C@H]2C)ccc1=O. The van der Waals surface area contributed by atoms with Crippen LogP contribution in [-0.2, 0) is 17.8 Å². The summed E-state index contributed by atoms with van der Waals surface area (Å²) in [6.45, 7) is 6.47. The molecular formula is C21H26N4O3. The summed E-state index contributed by atoms with van der Waals surface area (Å²) in [6.07, 6.45) is 1.64. The Kier molecular flexibility index (Phi) is 5.92. The van der Waals surface area contributed by atoms with Crippen molar-refractivity contribution >= 4 is 17.5 Å². The van der Waals surface area contributed by atoms with Gasteiger partial charge in [-0.25, -0.2) is 4.68 Å². The average Bonchev–Trinajstić information content (AvgIpc) is 2.98. The van der Waals surface area contributed by atoms with E-state index < -0.39 is 5.56 Å². The van der Waals surface area contributed by atoms with Crippen LogP contribution in [0.25, 0.3) is 0 Å². The molecule has 0 radical (unpaired) electrons. The van der Waals surface area contributed by atoms with Crippen molar-refractivity contribution in [3.63, 3.8) is 0 Å². The minimum Gasteiger partial charge on any atom is -0.354 e. The number of hydrogen-bond donors (Lipinski definition) is 1. The van der Waals surface area contributed by atoms with Gasteiger partial charge in [-0.2, -0.15) is 5.10 Å². The second kappa shape index (κ2) is 8.37. The van der Waals surface area contributed by atoms with E-state index in [9.17, 15) is 14.4 Å². The quantitative estimate of drug-likeness (QED) is 0.828. The third-order valence-corrected chi connectivity index (χ3v) is 4.85. The predicted octanol–water partition coefficient (Wildman–Crippen LogP) is 2.00. The summed E-state index contributed by atoms with van der Waals surface area (Å²) in [5, 5.41) is 6.94. The first-order valence-corrected chi connectivity index (χ1v) is 9.63. The largest absolute Gasteiger partial charge is 0.354 e. The van der Waals surface area contributed by atoms with Crippen LogP contribution in [0.15, 0.2) is 41.2 Å². The molecule has 0 saturated heterocycles. The highest BCUT2D eigenvalue weighted by Crippen LogP contribution is 2.32. The van der Waals surface area contributed by atoms with Crippen molar-refractivity contribution in [2.24, 2.45) is 5.92 Å². The molecule has 0 bridgehead atoms. The van der Waals surface area contributed by atoms with Crippen molar-refractivity contribution in [3.8, 4) is 0 Å². The molecule has 1 aliphatic heterocycles. The molecule has 0 saturated carbocycles. The summed E-state index contributed by atoms with van der Waals surface area (Å²) in [7, 11) is 0. The van der Waals surface area contributed by atoms with Crippen molar-refractivity contribution in [2.45, 2.75) is 46.2 Å². The van der Waals surface area contributed by atoms with E-state index in [0.29, 0.717) is 12.5 Å². The summed E-state index contributed by atoms with van der Waals surface area (Å²) in [4.78, 5) is 39.0. The molecule has 3 rings (SSSR count). The zero-order chi connectivity index (χ0) is 20.3. The molecule has 148 valence electrons. The fraction of sp³-hybridized carbons (Fsp3) is 0.429. The molecule has 0 spiro atoms. The molecular weight excluding hydrogens is 356 g/mol. The summed E-state index contributed by atoms with van der Waals surface area (Å²) >= 11 is 0. The van der Waals surface area contributed by atoms with Crippen LogP contribution >= 0.6 is 0 Å². The minimum atomic E-state index is -0.412. The van der Waals surface area contributed by atoms with Gasteiger partial charge in [-0.3, -0.25) is 14.4 Å². The second-order valence-electron chi connectivity index (χ2n) is 7.60. The van der Waals surface area contributed by atoms with Crippen LogP contribution < -0.4 is 15.8 Å². The minimum absolute atomic E-state index is 0.00594. The molecule has 0 fully saturated rings. The number of nitrogens with zero attached hydrogens (tertiary/aromatic N) is 3. The predicted molar refractivity (Wildman–Crippen MR) is 107 cm³/mol. The molecule has 2 heterocycles. The van der Waals surface area contributed by atoms with Crippen LogP contribution in [0.2, 0.25) is 0 Å². The molecule has 2 amide bonds. The van der Waals surface area contributed by atoms with E-state index in [1.807, 2.05) is 31.2 Å². The zero-order valence-electron chi connectivity index (χ0n) is 16.5. The number of nitrogens with one attached hydrogen (secondary N) is 1. The average molecular weight is 382 g/mol. The lowest BCUT2D eigenvalue weighted by Crippen LogP contribution is -2.39. The van der Waals surface area contributed by atoms with Crippen molar-refractivity contribution in [2.75, 3.05) is 11.4 Å². The fourth-order valence-electron chi connectivity index (χ4n) is 3.37. The van der Waals surface area contributed by atoms with Gasteiger partial charge in [0.05, 0.1) is 0 Å². The van der Waals surface area contributed by atoms with Gasteiger partial charge >= 0.3 is 0 Å². The Labute approximate surface area is 164 Å². The fourth-order valence-corrected chi connectivity index (χ4v) is 3.37. The summed E-state index contributed by atoms with van der Waals surface area (Å²) in [5.41, 5.74) is 1.72. The molecule has 1 N–H and O–H groups in total. The van der Waals surface area contributed by atoms with Crippen LogP contribution in [-0.4, -0.2) is 34.2 Å². The Balaban J connectivity index is 1.77. The molecule has 1 aliphatic rings. The number of para-hydroxylation sites is 1. The summed E-state index contributed by atoms with van der Waals surface area (Å²) < 4.78 is 1.05. The van der Waals surface area contributed by atoms with Crippen LogP contribution in [0.4, 0.5) is 5.69 Å². The number of rotatable bonds is 6. The maximum Gasteiger partial charge on any atom is 0.278 e. The smallest absolute Gasteiger partial charge is 0.278 e. The first-order chi connectivity index (χ1) is 13.4. The number of benzene rings is 1. The lowest BCUT2D eigenvalue weighted by molar-refractivity contribution is -0.121. The standard InChI is InChI=1S/C21H26N4O3/c1-14(2)10-11-22-19(26)13-24-20(27)9-8-17(23-24)21(28)25-15(3)12-16-6-4-5-7-18(16)25/h4-9,14-15H,10-13H2,1-3H3,(H,22,26)/t15-/m1/s1. The van der Waals surface area contributed by atoms with E-state index in [1.165, 1.54) is 12.1 Å². The zero-order valence-corrected chi connectivity index (χ0v) is 16.5. The Morgan fingerprint density at radius 1 is 1.21 bits per heavy atom. The number of carbonyl (C=O) groups excluding carboxylic acids is 2. The van der Waals surface area contributed by atoms with Crippen LogP contribution in [0.1, 0.15) is 43.2 Å². The van der Waals surface area contributed by atoms with Gasteiger partial charge in [-0.05, 0) is 43.4 Å². The van der Waals surface area contributed by atoms with E-state index >= 15 is 0 Å². The first kappa shape index (κ1) is 19.8. The number of carbonyl (C=O) groups is 2. The van der Waals surface area contributed by atoms with Crippen molar-refractivity contribution in [1.82, 2.24) is 15.1 Å². The van der Waals surface area contributed by atoms with Gasteiger partial charge in [-0.15, -0.1) is 0 Å². The highest BCUT2D eigenvalue weighted by atomic mass is 16.2. The van der Waals surface area contributed by atoms with Gasteiger partial charge in [-0.1, -0.05) is 32.0 Å².